The summed E-state index contributed by atoms with van der Waals surface area (Å²) >= 11 is 0. The van der Waals surface area contributed by atoms with E-state index in [1.54, 1.807) is 19.1 Å². The molecule has 0 radical (unpaired) electrons. The van der Waals surface area contributed by atoms with Crippen molar-refractivity contribution in [3.8, 4) is 0 Å². The van der Waals surface area contributed by atoms with Crippen molar-refractivity contribution in [1.82, 2.24) is 5.32 Å². The summed E-state index contributed by atoms with van der Waals surface area (Å²) < 4.78 is 12.9. The molecule has 2 rings (SSSR count). The lowest BCUT2D eigenvalue weighted by Crippen LogP contribution is -2.50. The van der Waals surface area contributed by atoms with E-state index < -0.39 is 17.6 Å². The van der Waals surface area contributed by atoms with Crippen LogP contribution in [0.4, 0.5) is 4.39 Å². The fraction of sp³-hybridized carbons (Fsp3) is 0.533. The van der Waals surface area contributed by atoms with Gasteiger partial charge in [-0.15, -0.1) is 0 Å². The number of amides is 1. The highest BCUT2D eigenvalue weighted by atomic mass is 19.1. The lowest BCUT2D eigenvalue weighted by Gasteiger charge is -2.33. The van der Waals surface area contributed by atoms with Gasteiger partial charge in [0, 0.05) is 0 Å². The minimum absolute atomic E-state index is 0.260. The van der Waals surface area contributed by atoms with E-state index in [1.807, 2.05) is 0 Å². The molecule has 1 amide bonds. The number of carbonyl (C=O) groups is 1. The molecule has 1 aromatic rings. The van der Waals surface area contributed by atoms with Crippen molar-refractivity contribution in [1.29, 1.82) is 0 Å². The summed E-state index contributed by atoms with van der Waals surface area (Å²) in [6.45, 7) is 1.78. The molecule has 20 heavy (non-hydrogen) atoms. The summed E-state index contributed by atoms with van der Waals surface area (Å²) in [4.78, 5) is 12.2. The normalized spacial score (nSPS) is 27.9. The second kappa shape index (κ2) is 5.89. The first kappa shape index (κ1) is 14.9. The zero-order valence-electron chi connectivity index (χ0n) is 11.5. The number of benzene rings is 1. The molecular weight excluding hydrogens is 261 g/mol. The predicted molar refractivity (Wildman–Crippen MR) is 72.4 cm³/mol. The number of hydrogen-bond acceptors (Lipinski definition) is 3. The van der Waals surface area contributed by atoms with Gasteiger partial charge in [0.05, 0.1) is 12.1 Å². The Hall–Kier alpha value is -1.46. The third-order valence-corrected chi connectivity index (χ3v) is 3.92. The van der Waals surface area contributed by atoms with Crippen LogP contribution in [0.1, 0.15) is 44.2 Å². The summed E-state index contributed by atoms with van der Waals surface area (Å²) in [6, 6.07) is 5.58. The van der Waals surface area contributed by atoms with E-state index in [9.17, 15) is 19.4 Å². The van der Waals surface area contributed by atoms with Gasteiger partial charge in [0.15, 0.2) is 0 Å². The third kappa shape index (κ3) is 3.35. The van der Waals surface area contributed by atoms with E-state index in [0.29, 0.717) is 12.8 Å². The minimum Gasteiger partial charge on any atom is -0.393 e. The van der Waals surface area contributed by atoms with E-state index in [0.717, 1.165) is 5.56 Å². The number of carbonyl (C=O) groups excluding carboxylic acids is 1. The number of aliphatic hydroxyl groups is 2. The molecule has 0 saturated heterocycles. The monoisotopic (exact) mass is 281 g/mol. The molecule has 1 aliphatic carbocycles. The van der Waals surface area contributed by atoms with Gasteiger partial charge in [-0.25, -0.2) is 4.39 Å². The first-order valence-corrected chi connectivity index (χ1v) is 6.87. The summed E-state index contributed by atoms with van der Waals surface area (Å²) in [7, 11) is 0. The summed E-state index contributed by atoms with van der Waals surface area (Å²) in [5.74, 6) is -0.756. The number of nitrogens with one attached hydrogen (secondary N) is 1. The second-order valence-corrected chi connectivity index (χ2v) is 5.51. The zero-order valence-corrected chi connectivity index (χ0v) is 11.5. The average Bonchev–Trinajstić information content (AvgIpc) is 2.43. The molecule has 0 aromatic heterocycles. The molecule has 0 unspecified atom stereocenters. The van der Waals surface area contributed by atoms with E-state index in [2.05, 4.69) is 5.32 Å². The molecule has 0 aliphatic heterocycles. The van der Waals surface area contributed by atoms with Gasteiger partial charge in [-0.1, -0.05) is 12.1 Å². The number of rotatable bonds is 3. The standard InChI is InChI=1S/C15H20FNO3/c1-10(11-2-4-12(16)5-3-11)17-14(19)15(20)8-6-13(18)7-9-15/h2-5,10,13,18,20H,6-9H2,1H3,(H,17,19)/t10-,13-,15-/m1/s1. The van der Waals surface area contributed by atoms with E-state index in [-0.39, 0.29) is 24.7 Å². The Morgan fingerprint density at radius 2 is 1.90 bits per heavy atom. The molecule has 1 fully saturated rings. The molecular formula is C15H20FNO3. The first-order chi connectivity index (χ1) is 9.40. The van der Waals surface area contributed by atoms with Gasteiger partial charge in [0.25, 0.3) is 5.91 Å². The molecule has 1 aliphatic rings. The highest BCUT2D eigenvalue weighted by molar-refractivity contribution is 5.85. The molecule has 0 bridgehead atoms. The fourth-order valence-electron chi connectivity index (χ4n) is 2.47. The van der Waals surface area contributed by atoms with E-state index in [4.69, 9.17) is 0 Å². The molecule has 4 nitrogen and oxygen atoms in total. The van der Waals surface area contributed by atoms with Crippen LogP contribution in [0.3, 0.4) is 0 Å². The van der Waals surface area contributed by atoms with E-state index in [1.165, 1.54) is 12.1 Å². The van der Waals surface area contributed by atoms with Gasteiger partial charge < -0.3 is 15.5 Å². The van der Waals surface area contributed by atoms with Crippen LogP contribution in [0.15, 0.2) is 24.3 Å². The zero-order chi connectivity index (χ0) is 14.8. The van der Waals surface area contributed by atoms with Gasteiger partial charge in [-0.05, 0) is 50.3 Å². The van der Waals surface area contributed by atoms with Crippen LogP contribution in [0, 0.1) is 5.82 Å². The second-order valence-electron chi connectivity index (χ2n) is 5.51. The van der Waals surface area contributed by atoms with Crippen LogP contribution in [0.2, 0.25) is 0 Å². The number of aliphatic hydroxyl groups excluding tert-OH is 1. The van der Waals surface area contributed by atoms with Gasteiger partial charge in [0.1, 0.15) is 11.4 Å². The maximum Gasteiger partial charge on any atom is 0.252 e. The van der Waals surface area contributed by atoms with Crippen LogP contribution in [0.5, 0.6) is 0 Å². The Morgan fingerprint density at radius 1 is 1.35 bits per heavy atom. The van der Waals surface area contributed by atoms with Gasteiger partial charge in [0.2, 0.25) is 0 Å². The maximum absolute atomic E-state index is 12.9. The van der Waals surface area contributed by atoms with Gasteiger partial charge in [-0.2, -0.15) is 0 Å². The Morgan fingerprint density at radius 3 is 2.45 bits per heavy atom. The van der Waals surface area contributed by atoms with Crippen LogP contribution in [-0.2, 0) is 4.79 Å². The topological polar surface area (TPSA) is 69.6 Å². The smallest absolute Gasteiger partial charge is 0.252 e. The summed E-state index contributed by atoms with van der Waals surface area (Å²) in [6.07, 6.45) is 0.938. The third-order valence-electron chi connectivity index (χ3n) is 3.92. The molecule has 0 spiro atoms. The van der Waals surface area contributed by atoms with Crippen LogP contribution >= 0.6 is 0 Å². The average molecular weight is 281 g/mol. The Bertz CT molecular complexity index is 467. The lowest BCUT2D eigenvalue weighted by atomic mass is 9.82. The first-order valence-electron chi connectivity index (χ1n) is 6.87. The summed E-state index contributed by atoms with van der Waals surface area (Å²) in [5.41, 5.74) is -0.632. The van der Waals surface area contributed by atoms with E-state index >= 15 is 0 Å². The number of halogens is 1. The lowest BCUT2D eigenvalue weighted by molar-refractivity contribution is -0.146. The van der Waals surface area contributed by atoms with Crippen molar-refractivity contribution in [2.24, 2.45) is 0 Å². The van der Waals surface area contributed by atoms with Crippen molar-refractivity contribution >= 4 is 5.91 Å². The molecule has 110 valence electrons. The van der Waals surface area contributed by atoms with Crippen molar-refractivity contribution in [3.05, 3.63) is 35.6 Å². The highest BCUT2D eigenvalue weighted by Crippen LogP contribution is 2.29. The quantitative estimate of drug-likeness (QED) is 0.789. The van der Waals surface area contributed by atoms with Crippen molar-refractivity contribution in [3.63, 3.8) is 0 Å². The Labute approximate surface area is 117 Å². The molecule has 5 heteroatoms. The van der Waals surface area contributed by atoms with Crippen molar-refractivity contribution < 1.29 is 19.4 Å². The molecule has 1 aromatic carbocycles. The Kier molecular flexibility index (Phi) is 4.40. The largest absolute Gasteiger partial charge is 0.393 e. The highest BCUT2D eigenvalue weighted by Gasteiger charge is 2.39. The molecule has 1 atom stereocenters. The molecule has 3 N–H and O–H groups in total. The van der Waals surface area contributed by atoms with Crippen LogP contribution in [-0.4, -0.2) is 27.8 Å². The fourth-order valence-corrected chi connectivity index (χ4v) is 2.47. The van der Waals surface area contributed by atoms with Crippen LogP contribution < -0.4 is 5.32 Å². The minimum atomic E-state index is -1.41. The molecule has 0 heterocycles. The maximum atomic E-state index is 12.9. The van der Waals surface area contributed by atoms with Gasteiger partial charge >= 0.3 is 0 Å². The van der Waals surface area contributed by atoms with Crippen LogP contribution in [0.25, 0.3) is 0 Å². The van der Waals surface area contributed by atoms with Crippen molar-refractivity contribution in [2.45, 2.75) is 50.4 Å². The van der Waals surface area contributed by atoms with Crippen molar-refractivity contribution in [2.75, 3.05) is 0 Å². The number of hydrogen-bond donors (Lipinski definition) is 3. The molecule has 1 saturated carbocycles. The predicted octanol–water partition coefficient (Wildman–Crippen LogP) is 1.67. The Balaban J connectivity index is 1.98. The summed E-state index contributed by atoms with van der Waals surface area (Å²) in [5, 5.41) is 22.5. The van der Waals surface area contributed by atoms with Gasteiger partial charge in [-0.3, -0.25) is 4.79 Å². The SMILES string of the molecule is C[C@@H](NC(=O)[C@]1(O)CC[C@H](O)CC1)c1ccc(F)cc1.